The van der Waals surface area contributed by atoms with Crippen LogP contribution in [-0.2, 0) is 9.53 Å². The van der Waals surface area contributed by atoms with E-state index in [4.69, 9.17) is 10.5 Å². The number of amides is 1. The molecule has 1 saturated carbocycles. The Hall–Kier alpha value is -0.610. The molecule has 0 aromatic carbocycles. The summed E-state index contributed by atoms with van der Waals surface area (Å²) in [5, 5.41) is 0. The topological polar surface area (TPSA) is 55.6 Å². The fourth-order valence-electron chi connectivity index (χ4n) is 3.06. The molecule has 0 radical (unpaired) electrons. The summed E-state index contributed by atoms with van der Waals surface area (Å²) in [6.07, 6.45) is 5.79. The summed E-state index contributed by atoms with van der Waals surface area (Å²) in [7, 11) is 0. The second-order valence-electron chi connectivity index (χ2n) is 5.70. The molecule has 0 spiro atoms. The first-order valence-corrected chi connectivity index (χ1v) is 7.32. The minimum Gasteiger partial charge on any atom is -0.374 e. The lowest BCUT2D eigenvalue weighted by molar-refractivity contribution is -0.152. The van der Waals surface area contributed by atoms with Gasteiger partial charge in [0.15, 0.2) is 0 Å². The predicted molar refractivity (Wildman–Crippen MR) is 71.1 cm³/mol. The Kier molecular flexibility index (Phi) is 4.62. The van der Waals surface area contributed by atoms with E-state index in [1.807, 2.05) is 4.90 Å². The van der Waals surface area contributed by atoms with Gasteiger partial charge in [-0.1, -0.05) is 33.1 Å². The number of nitrogens with zero attached hydrogens (tertiary/aromatic N) is 1. The highest BCUT2D eigenvalue weighted by Gasteiger charge is 2.38. The summed E-state index contributed by atoms with van der Waals surface area (Å²) < 4.78 is 5.79. The quantitative estimate of drug-likeness (QED) is 0.831. The fraction of sp³-hybridized carbons (Fsp3) is 0.929. The van der Waals surface area contributed by atoms with E-state index in [1.165, 1.54) is 12.8 Å². The summed E-state index contributed by atoms with van der Waals surface area (Å²) in [5.74, 6) is 0.381. The molecule has 4 nitrogen and oxygen atoms in total. The Morgan fingerprint density at radius 2 is 2.17 bits per heavy atom. The Balaban J connectivity index is 2.03. The zero-order chi connectivity index (χ0) is 13.1. The van der Waals surface area contributed by atoms with Crippen molar-refractivity contribution in [2.24, 2.45) is 11.7 Å². The van der Waals surface area contributed by atoms with Crippen molar-refractivity contribution in [1.29, 1.82) is 0 Å². The van der Waals surface area contributed by atoms with Crippen molar-refractivity contribution in [1.82, 2.24) is 4.90 Å². The van der Waals surface area contributed by atoms with E-state index in [0.29, 0.717) is 13.2 Å². The van der Waals surface area contributed by atoms with Crippen LogP contribution in [0, 0.1) is 5.92 Å². The molecule has 1 aliphatic heterocycles. The number of carbonyl (C=O) groups excluding carboxylic acids is 1. The first-order chi connectivity index (χ1) is 8.65. The number of nitrogens with two attached hydrogens (primary N) is 1. The second kappa shape index (κ2) is 6.02. The maximum atomic E-state index is 12.5. The summed E-state index contributed by atoms with van der Waals surface area (Å²) >= 11 is 0. The fourth-order valence-corrected chi connectivity index (χ4v) is 3.06. The molecule has 4 atom stereocenters. The number of hydrogen-bond acceptors (Lipinski definition) is 3. The Labute approximate surface area is 110 Å². The molecule has 4 unspecified atom stereocenters. The average molecular weight is 254 g/mol. The van der Waals surface area contributed by atoms with E-state index in [0.717, 1.165) is 19.3 Å². The number of morpholine rings is 1. The molecule has 4 heteroatoms. The number of fused-ring (bicyclic) bond motifs is 1. The third-order valence-electron chi connectivity index (χ3n) is 4.56. The molecule has 1 aliphatic carbocycles. The van der Waals surface area contributed by atoms with E-state index in [2.05, 4.69) is 13.8 Å². The Morgan fingerprint density at radius 1 is 1.44 bits per heavy atom. The standard InChI is InChI=1S/C14H26N2O2/c1-3-10(2)13(15)14(17)16-8-9-18-12-7-5-4-6-11(12)16/h10-13H,3-9,15H2,1-2H3. The van der Waals surface area contributed by atoms with Crippen LogP contribution in [0.25, 0.3) is 0 Å². The molecular formula is C14H26N2O2. The molecule has 104 valence electrons. The van der Waals surface area contributed by atoms with Crippen LogP contribution in [0.3, 0.4) is 0 Å². The molecule has 2 aliphatic rings. The highest BCUT2D eigenvalue weighted by Crippen LogP contribution is 2.29. The zero-order valence-corrected chi connectivity index (χ0v) is 11.6. The lowest BCUT2D eigenvalue weighted by Crippen LogP contribution is -2.59. The van der Waals surface area contributed by atoms with Gasteiger partial charge in [-0.25, -0.2) is 0 Å². The van der Waals surface area contributed by atoms with Gasteiger partial charge in [0.2, 0.25) is 5.91 Å². The highest BCUT2D eigenvalue weighted by molar-refractivity contribution is 5.82. The van der Waals surface area contributed by atoms with Crippen LogP contribution in [0.4, 0.5) is 0 Å². The van der Waals surface area contributed by atoms with Gasteiger partial charge < -0.3 is 15.4 Å². The van der Waals surface area contributed by atoms with E-state index in [-0.39, 0.29) is 30.0 Å². The third kappa shape index (κ3) is 2.69. The summed E-state index contributed by atoms with van der Waals surface area (Å²) in [6, 6.07) is -0.0780. The smallest absolute Gasteiger partial charge is 0.240 e. The van der Waals surface area contributed by atoms with E-state index in [1.54, 1.807) is 0 Å². The molecule has 2 N–H and O–H groups in total. The molecule has 0 bridgehead atoms. The molecular weight excluding hydrogens is 228 g/mol. The highest BCUT2D eigenvalue weighted by atomic mass is 16.5. The summed E-state index contributed by atoms with van der Waals surface area (Å²) in [6.45, 7) is 5.52. The largest absolute Gasteiger partial charge is 0.374 e. The van der Waals surface area contributed by atoms with Crippen molar-refractivity contribution in [3.8, 4) is 0 Å². The second-order valence-corrected chi connectivity index (χ2v) is 5.70. The first-order valence-electron chi connectivity index (χ1n) is 7.32. The van der Waals surface area contributed by atoms with Crippen LogP contribution in [0.5, 0.6) is 0 Å². The van der Waals surface area contributed by atoms with Crippen LogP contribution < -0.4 is 5.73 Å². The van der Waals surface area contributed by atoms with Crippen molar-refractivity contribution in [3.63, 3.8) is 0 Å². The minimum absolute atomic E-state index is 0.129. The molecule has 0 aromatic rings. The zero-order valence-electron chi connectivity index (χ0n) is 11.6. The van der Waals surface area contributed by atoms with Crippen molar-refractivity contribution in [2.45, 2.75) is 64.1 Å². The molecule has 1 saturated heterocycles. The van der Waals surface area contributed by atoms with Gasteiger partial charge in [-0.3, -0.25) is 4.79 Å². The number of rotatable bonds is 3. The van der Waals surface area contributed by atoms with Crippen LogP contribution in [0.15, 0.2) is 0 Å². The van der Waals surface area contributed by atoms with Crippen molar-refractivity contribution >= 4 is 5.91 Å². The number of ether oxygens (including phenoxy) is 1. The molecule has 2 fully saturated rings. The molecule has 18 heavy (non-hydrogen) atoms. The van der Waals surface area contributed by atoms with Crippen molar-refractivity contribution < 1.29 is 9.53 Å². The molecule has 1 heterocycles. The lowest BCUT2D eigenvalue weighted by atomic mass is 9.89. The van der Waals surface area contributed by atoms with Crippen LogP contribution in [-0.4, -0.2) is 42.1 Å². The number of hydrogen-bond donors (Lipinski definition) is 1. The van der Waals surface area contributed by atoms with Crippen LogP contribution >= 0.6 is 0 Å². The maximum Gasteiger partial charge on any atom is 0.240 e. The van der Waals surface area contributed by atoms with Gasteiger partial charge in [0.05, 0.1) is 24.8 Å². The van der Waals surface area contributed by atoms with E-state index >= 15 is 0 Å². The van der Waals surface area contributed by atoms with Gasteiger partial charge in [-0.05, 0) is 18.8 Å². The summed E-state index contributed by atoms with van der Waals surface area (Å²) in [5.41, 5.74) is 6.09. The molecule has 1 amide bonds. The van der Waals surface area contributed by atoms with E-state index in [9.17, 15) is 4.79 Å². The predicted octanol–water partition coefficient (Wildman–Crippen LogP) is 1.53. The summed E-state index contributed by atoms with van der Waals surface area (Å²) in [4.78, 5) is 14.5. The van der Waals surface area contributed by atoms with Crippen molar-refractivity contribution in [2.75, 3.05) is 13.2 Å². The van der Waals surface area contributed by atoms with Crippen LogP contribution in [0.2, 0.25) is 0 Å². The first kappa shape index (κ1) is 13.8. The minimum atomic E-state index is -0.351. The van der Waals surface area contributed by atoms with Gasteiger partial charge in [0, 0.05) is 6.54 Å². The molecule has 2 rings (SSSR count). The van der Waals surface area contributed by atoms with Gasteiger partial charge in [-0.2, -0.15) is 0 Å². The van der Waals surface area contributed by atoms with Crippen molar-refractivity contribution in [3.05, 3.63) is 0 Å². The Morgan fingerprint density at radius 3 is 2.89 bits per heavy atom. The van der Waals surface area contributed by atoms with Crippen LogP contribution in [0.1, 0.15) is 46.0 Å². The third-order valence-corrected chi connectivity index (χ3v) is 4.56. The maximum absolute atomic E-state index is 12.5. The monoisotopic (exact) mass is 254 g/mol. The lowest BCUT2D eigenvalue weighted by Gasteiger charge is -2.45. The SMILES string of the molecule is CCC(C)C(N)C(=O)N1CCOC2CCCCC21. The average Bonchev–Trinajstić information content (AvgIpc) is 2.44. The normalized spacial score (nSPS) is 31.6. The van der Waals surface area contributed by atoms with E-state index < -0.39 is 0 Å². The van der Waals surface area contributed by atoms with Gasteiger partial charge in [0.25, 0.3) is 0 Å². The van der Waals surface area contributed by atoms with Gasteiger partial charge in [0.1, 0.15) is 0 Å². The molecule has 0 aromatic heterocycles. The number of carbonyl (C=O) groups is 1. The van der Waals surface area contributed by atoms with Gasteiger partial charge >= 0.3 is 0 Å². The Bertz CT molecular complexity index is 294. The van der Waals surface area contributed by atoms with Gasteiger partial charge in [-0.15, -0.1) is 0 Å².